The summed E-state index contributed by atoms with van der Waals surface area (Å²) in [5.41, 5.74) is 1.20. The first-order valence-corrected chi connectivity index (χ1v) is 4.00. The van der Waals surface area contributed by atoms with Crippen LogP contribution >= 0.6 is 0 Å². The summed E-state index contributed by atoms with van der Waals surface area (Å²) >= 11 is 0. The second kappa shape index (κ2) is 5.48. The van der Waals surface area contributed by atoms with Crippen LogP contribution in [-0.4, -0.2) is 11.2 Å². The van der Waals surface area contributed by atoms with Crippen LogP contribution in [0.1, 0.15) is 40.0 Å². The smallest absolute Gasteiger partial charge is 0.0723 e. The number of hydrogen-bond acceptors (Lipinski definition) is 1. The van der Waals surface area contributed by atoms with E-state index in [4.69, 9.17) is 0 Å². The van der Waals surface area contributed by atoms with Crippen molar-refractivity contribution in [3.63, 3.8) is 0 Å². The minimum atomic E-state index is -0.218. The summed E-state index contributed by atoms with van der Waals surface area (Å²) in [4.78, 5) is 0. The van der Waals surface area contributed by atoms with E-state index in [1.54, 1.807) is 0 Å². The summed E-state index contributed by atoms with van der Waals surface area (Å²) < 4.78 is 0. The molecule has 0 aromatic rings. The molecule has 0 aliphatic rings. The topological polar surface area (TPSA) is 20.2 Å². The van der Waals surface area contributed by atoms with Crippen molar-refractivity contribution in [3.8, 4) is 0 Å². The molecule has 1 atom stereocenters. The first-order valence-electron chi connectivity index (χ1n) is 4.00. The second-order valence-electron chi connectivity index (χ2n) is 2.95. The summed E-state index contributed by atoms with van der Waals surface area (Å²) in [7, 11) is 0. The van der Waals surface area contributed by atoms with Gasteiger partial charge in [-0.1, -0.05) is 31.4 Å². The van der Waals surface area contributed by atoms with Gasteiger partial charge in [0.2, 0.25) is 0 Å². The molecule has 0 bridgehead atoms. The van der Waals surface area contributed by atoms with Crippen LogP contribution in [0.5, 0.6) is 0 Å². The van der Waals surface area contributed by atoms with E-state index in [2.05, 4.69) is 6.92 Å². The Hall–Kier alpha value is -0.300. The fourth-order valence-corrected chi connectivity index (χ4v) is 0.881. The molecule has 0 radical (unpaired) electrons. The molecule has 60 valence electrons. The summed E-state index contributed by atoms with van der Waals surface area (Å²) in [6.45, 7) is 6.15. The molecule has 0 unspecified atom stereocenters. The van der Waals surface area contributed by atoms with Crippen LogP contribution in [0.2, 0.25) is 0 Å². The quantitative estimate of drug-likeness (QED) is 0.598. The molecule has 0 spiro atoms. The molecule has 0 aromatic carbocycles. The molecule has 1 nitrogen and oxygen atoms in total. The van der Waals surface area contributed by atoms with Crippen molar-refractivity contribution in [1.82, 2.24) is 0 Å². The van der Waals surface area contributed by atoms with E-state index in [0.29, 0.717) is 0 Å². The van der Waals surface area contributed by atoms with Crippen molar-refractivity contribution in [2.45, 2.75) is 46.1 Å². The Bertz CT molecular complexity index is 101. The molecule has 0 fully saturated rings. The zero-order chi connectivity index (χ0) is 7.98. The highest BCUT2D eigenvalue weighted by Gasteiger charge is 1.96. The van der Waals surface area contributed by atoms with Crippen molar-refractivity contribution in [1.29, 1.82) is 0 Å². The maximum absolute atomic E-state index is 9.27. The molecule has 0 amide bonds. The van der Waals surface area contributed by atoms with Gasteiger partial charge in [-0.25, -0.2) is 0 Å². The predicted molar refractivity (Wildman–Crippen MR) is 45.0 cm³/mol. The van der Waals surface area contributed by atoms with Crippen LogP contribution in [-0.2, 0) is 0 Å². The third-order valence-corrected chi connectivity index (χ3v) is 1.38. The Kier molecular flexibility index (Phi) is 5.32. The number of unbranched alkanes of at least 4 members (excludes halogenated alkanes) is 1. The zero-order valence-corrected chi connectivity index (χ0v) is 7.22. The standard InChI is InChI=1S/C9H18O/c1-4-5-6-9(10)7-8(2)3/h7,9-10H,4-6H2,1-3H3/t9-/m0/s1. The monoisotopic (exact) mass is 142 g/mol. The van der Waals surface area contributed by atoms with Gasteiger partial charge in [0.05, 0.1) is 6.10 Å². The maximum Gasteiger partial charge on any atom is 0.0723 e. The Morgan fingerprint density at radius 1 is 1.50 bits per heavy atom. The van der Waals surface area contributed by atoms with Gasteiger partial charge in [-0.2, -0.15) is 0 Å². The third-order valence-electron chi connectivity index (χ3n) is 1.38. The average Bonchev–Trinajstić information content (AvgIpc) is 1.82. The molecule has 0 aliphatic heterocycles. The number of aliphatic hydroxyl groups excluding tert-OH is 1. The molecule has 1 N–H and O–H groups in total. The van der Waals surface area contributed by atoms with Gasteiger partial charge in [-0.15, -0.1) is 0 Å². The summed E-state index contributed by atoms with van der Waals surface area (Å²) in [6, 6.07) is 0. The van der Waals surface area contributed by atoms with Crippen molar-refractivity contribution in [2.24, 2.45) is 0 Å². The SMILES string of the molecule is CCCC[C@H](O)C=C(C)C. The molecule has 10 heavy (non-hydrogen) atoms. The number of hydrogen-bond donors (Lipinski definition) is 1. The van der Waals surface area contributed by atoms with Crippen LogP contribution < -0.4 is 0 Å². The average molecular weight is 142 g/mol. The van der Waals surface area contributed by atoms with Crippen molar-refractivity contribution in [2.75, 3.05) is 0 Å². The predicted octanol–water partition coefficient (Wildman–Crippen LogP) is 2.50. The van der Waals surface area contributed by atoms with E-state index in [1.165, 1.54) is 5.57 Å². The number of allylic oxidation sites excluding steroid dienone is 1. The molecule has 0 rings (SSSR count). The van der Waals surface area contributed by atoms with Crippen molar-refractivity contribution >= 4 is 0 Å². The minimum Gasteiger partial charge on any atom is -0.389 e. The van der Waals surface area contributed by atoms with E-state index in [-0.39, 0.29) is 6.10 Å². The minimum absolute atomic E-state index is 0.218. The maximum atomic E-state index is 9.27. The number of aliphatic hydroxyl groups is 1. The molecular weight excluding hydrogens is 124 g/mol. The van der Waals surface area contributed by atoms with Gasteiger partial charge in [0, 0.05) is 0 Å². The lowest BCUT2D eigenvalue weighted by Gasteiger charge is -2.03. The van der Waals surface area contributed by atoms with E-state index >= 15 is 0 Å². The molecule has 0 aromatic heterocycles. The van der Waals surface area contributed by atoms with Crippen LogP contribution in [0.3, 0.4) is 0 Å². The van der Waals surface area contributed by atoms with Gasteiger partial charge >= 0.3 is 0 Å². The number of rotatable bonds is 4. The summed E-state index contributed by atoms with van der Waals surface area (Å²) in [5.74, 6) is 0. The molecule has 0 saturated heterocycles. The molecule has 1 heteroatoms. The first-order chi connectivity index (χ1) is 4.66. The van der Waals surface area contributed by atoms with Crippen LogP contribution in [0, 0.1) is 0 Å². The second-order valence-corrected chi connectivity index (χ2v) is 2.95. The Balaban J connectivity index is 3.43. The Labute approximate surface area is 63.8 Å². The van der Waals surface area contributed by atoms with Gasteiger partial charge in [0.1, 0.15) is 0 Å². The van der Waals surface area contributed by atoms with Gasteiger partial charge < -0.3 is 5.11 Å². The van der Waals surface area contributed by atoms with Crippen molar-refractivity contribution in [3.05, 3.63) is 11.6 Å². The van der Waals surface area contributed by atoms with E-state index in [9.17, 15) is 5.11 Å². The van der Waals surface area contributed by atoms with E-state index < -0.39 is 0 Å². The summed E-state index contributed by atoms with van der Waals surface area (Å²) in [5, 5.41) is 9.27. The van der Waals surface area contributed by atoms with E-state index in [0.717, 1.165) is 19.3 Å². The Morgan fingerprint density at radius 2 is 2.10 bits per heavy atom. The highest BCUT2D eigenvalue weighted by Crippen LogP contribution is 2.03. The fourth-order valence-electron chi connectivity index (χ4n) is 0.881. The van der Waals surface area contributed by atoms with Crippen molar-refractivity contribution < 1.29 is 5.11 Å². The highest BCUT2D eigenvalue weighted by molar-refractivity contribution is 4.97. The lowest BCUT2D eigenvalue weighted by atomic mass is 10.1. The fraction of sp³-hybridized carbons (Fsp3) is 0.778. The third kappa shape index (κ3) is 5.83. The lowest BCUT2D eigenvalue weighted by molar-refractivity contribution is 0.208. The molecule has 0 saturated carbocycles. The van der Waals surface area contributed by atoms with Crippen LogP contribution in [0.15, 0.2) is 11.6 Å². The molecular formula is C9H18O. The lowest BCUT2D eigenvalue weighted by Crippen LogP contribution is -2.01. The van der Waals surface area contributed by atoms with Crippen LogP contribution in [0.25, 0.3) is 0 Å². The van der Waals surface area contributed by atoms with Gasteiger partial charge in [-0.05, 0) is 20.3 Å². The normalized spacial score (nSPS) is 12.8. The van der Waals surface area contributed by atoms with Gasteiger partial charge in [0.25, 0.3) is 0 Å². The highest BCUT2D eigenvalue weighted by atomic mass is 16.3. The molecule has 0 heterocycles. The van der Waals surface area contributed by atoms with Crippen LogP contribution in [0.4, 0.5) is 0 Å². The zero-order valence-electron chi connectivity index (χ0n) is 7.22. The first kappa shape index (κ1) is 9.70. The molecule has 0 aliphatic carbocycles. The van der Waals surface area contributed by atoms with Gasteiger partial charge in [-0.3, -0.25) is 0 Å². The van der Waals surface area contributed by atoms with Gasteiger partial charge in [0.15, 0.2) is 0 Å². The summed E-state index contributed by atoms with van der Waals surface area (Å²) in [6.07, 6.45) is 4.88. The Morgan fingerprint density at radius 3 is 2.50 bits per heavy atom. The van der Waals surface area contributed by atoms with E-state index in [1.807, 2.05) is 19.9 Å². The largest absolute Gasteiger partial charge is 0.389 e.